The summed E-state index contributed by atoms with van der Waals surface area (Å²) in [7, 11) is 0. The predicted octanol–water partition coefficient (Wildman–Crippen LogP) is 3.29. The average Bonchev–Trinajstić information content (AvgIpc) is 2.07. The second-order valence-corrected chi connectivity index (χ2v) is 3.14. The van der Waals surface area contributed by atoms with Crippen molar-refractivity contribution in [2.45, 2.75) is 12.8 Å². The molecule has 0 aliphatic rings. The zero-order valence-corrected chi connectivity index (χ0v) is 9.08. The molecule has 0 spiro atoms. The third-order valence-corrected chi connectivity index (χ3v) is 2.43. The molecule has 0 aliphatic carbocycles. The quantitative estimate of drug-likeness (QED) is 0.477. The van der Waals surface area contributed by atoms with Gasteiger partial charge >= 0.3 is 0 Å². The van der Waals surface area contributed by atoms with E-state index in [-0.39, 0.29) is 0 Å². The maximum atomic E-state index is 4.25. The number of hydrogen-bond donors (Lipinski definition) is 2. The topological polar surface area (TPSA) is 0 Å². The van der Waals surface area contributed by atoms with E-state index in [4.69, 9.17) is 0 Å². The molecule has 0 atom stereocenters. The Labute approximate surface area is 86.3 Å². The Balaban J connectivity index is 4.48. The van der Waals surface area contributed by atoms with E-state index in [1.807, 2.05) is 12.2 Å². The van der Waals surface area contributed by atoms with E-state index in [0.717, 1.165) is 24.3 Å². The van der Waals surface area contributed by atoms with Crippen molar-refractivity contribution in [1.82, 2.24) is 0 Å². The highest BCUT2D eigenvalue weighted by Gasteiger charge is 2.00. The third-order valence-electron chi connectivity index (χ3n) is 1.66. The van der Waals surface area contributed by atoms with Gasteiger partial charge in [-0.25, -0.2) is 0 Å². The highest BCUT2D eigenvalue weighted by Crippen LogP contribution is 2.16. The molecule has 0 nitrogen and oxygen atoms in total. The van der Waals surface area contributed by atoms with Crippen molar-refractivity contribution in [2.75, 3.05) is 11.5 Å². The second-order valence-electron chi connectivity index (χ2n) is 2.51. The first-order valence-corrected chi connectivity index (χ1v) is 5.19. The largest absolute Gasteiger partial charge is 0.175 e. The Bertz CT molecular complexity index is 162. The summed E-state index contributed by atoms with van der Waals surface area (Å²) in [5.74, 6) is 1.56. The SMILES string of the molecule is C=CCC(CC=C)=C(CS)CS. The van der Waals surface area contributed by atoms with Crippen molar-refractivity contribution in [1.29, 1.82) is 0 Å². The lowest BCUT2D eigenvalue weighted by Crippen LogP contribution is -1.94. The van der Waals surface area contributed by atoms with Crippen LogP contribution in [-0.2, 0) is 0 Å². The van der Waals surface area contributed by atoms with Gasteiger partial charge in [0.1, 0.15) is 0 Å². The first kappa shape index (κ1) is 11.9. The minimum atomic E-state index is 0.778. The van der Waals surface area contributed by atoms with Gasteiger partial charge in [-0.05, 0) is 12.8 Å². The summed E-state index contributed by atoms with van der Waals surface area (Å²) in [6, 6.07) is 0. The molecule has 0 saturated carbocycles. The lowest BCUT2D eigenvalue weighted by atomic mass is 10.0. The molecule has 0 aromatic carbocycles. The van der Waals surface area contributed by atoms with E-state index in [0.29, 0.717) is 0 Å². The fourth-order valence-corrected chi connectivity index (χ4v) is 1.84. The highest BCUT2D eigenvalue weighted by atomic mass is 32.1. The highest BCUT2D eigenvalue weighted by molar-refractivity contribution is 7.81. The average molecular weight is 200 g/mol. The van der Waals surface area contributed by atoms with Crippen LogP contribution in [0.2, 0.25) is 0 Å². The van der Waals surface area contributed by atoms with Gasteiger partial charge in [-0.3, -0.25) is 0 Å². The molecule has 68 valence electrons. The van der Waals surface area contributed by atoms with E-state index < -0.39 is 0 Å². The maximum absolute atomic E-state index is 4.25. The van der Waals surface area contributed by atoms with Crippen LogP contribution in [0.1, 0.15) is 12.8 Å². The molecule has 0 saturated heterocycles. The monoisotopic (exact) mass is 200 g/mol. The van der Waals surface area contributed by atoms with Gasteiger partial charge in [0.15, 0.2) is 0 Å². The van der Waals surface area contributed by atoms with Crippen molar-refractivity contribution in [2.24, 2.45) is 0 Å². The van der Waals surface area contributed by atoms with Gasteiger partial charge < -0.3 is 0 Å². The van der Waals surface area contributed by atoms with E-state index in [2.05, 4.69) is 38.4 Å². The molecular weight excluding hydrogens is 184 g/mol. The fraction of sp³-hybridized carbons (Fsp3) is 0.400. The maximum Gasteiger partial charge on any atom is 0.0124 e. The summed E-state index contributed by atoms with van der Waals surface area (Å²) in [6.45, 7) is 7.43. The first-order chi connectivity index (χ1) is 5.79. The van der Waals surface area contributed by atoms with Crippen molar-refractivity contribution < 1.29 is 0 Å². The number of thiol groups is 2. The molecule has 0 amide bonds. The summed E-state index contributed by atoms with van der Waals surface area (Å²) < 4.78 is 0. The summed E-state index contributed by atoms with van der Waals surface area (Å²) >= 11 is 8.49. The molecule has 0 bridgehead atoms. The van der Waals surface area contributed by atoms with Crippen LogP contribution in [0.5, 0.6) is 0 Å². The molecule has 2 heteroatoms. The smallest absolute Gasteiger partial charge is 0.0124 e. The molecule has 0 unspecified atom stereocenters. The molecule has 0 radical (unpaired) electrons. The lowest BCUT2D eigenvalue weighted by Gasteiger charge is -2.08. The molecule has 0 aromatic rings. The van der Waals surface area contributed by atoms with Crippen molar-refractivity contribution >= 4 is 25.3 Å². The van der Waals surface area contributed by atoms with Crippen LogP contribution in [0, 0.1) is 0 Å². The Hall–Kier alpha value is -0.0800. The zero-order valence-electron chi connectivity index (χ0n) is 7.29. The lowest BCUT2D eigenvalue weighted by molar-refractivity contribution is 1.07. The summed E-state index contributed by atoms with van der Waals surface area (Å²) in [5, 5.41) is 0. The molecule has 0 N–H and O–H groups in total. The predicted molar refractivity (Wildman–Crippen MR) is 64.4 cm³/mol. The van der Waals surface area contributed by atoms with Gasteiger partial charge in [0.05, 0.1) is 0 Å². The molecule has 0 aliphatic heterocycles. The summed E-state index contributed by atoms with van der Waals surface area (Å²) in [4.78, 5) is 0. The molecule has 0 fully saturated rings. The third kappa shape index (κ3) is 4.07. The fourth-order valence-electron chi connectivity index (χ4n) is 0.994. The van der Waals surface area contributed by atoms with E-state index in [1.54, 1.807) is 0 Å². The van der Waals surface area contributed by atoms with Crippen LogP contribution < -0.4 is 0 Å². The van der Waals surface area contributed by atoms with Gasteiger partial charge in [-0.15, -0.1) is 13.2 Å². The molecule has 0 heterocycles. The van der Waals surface area contributed by atoms with Crippen LogP contribution in [0.4, 0.5) is 0 Å². The Morgan fingerprint density at radius 2 is 1.33 bits per heavy atom. The Morgan fingerprint density at radius 1 is 0.917 bits per heavy atom. The Morgan fingerprint density at radius 3 is 1.58 bits per heavy atom. The Kier molecular flexibility index (Phi) is 7.51. The molecular formula is C10H16S2. The number of hydrogen-bond acceptors (Lipinski definition) is 2. The first-order valence-electron chi connectivity index (χ1n) is 3.93. The number of rotatable bonds is 6. The van der Waals surface area contributed by atoms with Crippen LogP contribution in [0.3, 0.4) is 0 Å². The molecule has 12 heavy (non-hydrogen) atoms. The van der Waals surface area contributed by atoms with Crippen molar-refractivity contribution in [3.8, 4) is 0 Å². The molecule has 0 rings (SSSR count). The van der Waals surface area contributed by atoms with E-state index >= 15 is 0 Å². The summed E-state index contributed by atoms with van der Waals surface area (Å²) in [6.07, 6.45) is 5.66. The second kappa shape index (κ2) is 7.56. The minimum absolute atomic E-state index is 0.778. The van der Waals surface area contributed by atoms with Gasteiger partial charge in [-0.2, -0.15) is 25.3 Å². The van der Waals surface area contributed by atoms with Crippen LogP contribution in [-0.4, -0.2) is 11.5 Å². The van der Waals surface area contributed by atoms with Crippen LogP contribution in [0.25, 0.3) is 0 Å². The van der Waals surface area contributed by atoms with Gasteiger partial charge in [0.2, 0.25) is 0 Å². The standard InChI is InChI=1S/C10H16S2/c1-3-5-9(6-4-2)10(7-11)8-12/h3-4,11-12H,1-2,5-8H2. The normalized spacial score (nSPS) is 9.17. The summed E-state index contributed by atoms with van der Waals surface area (Å²) in [5.41, 5.74) is 2.64. The van der Waals surface area contributed by atoms with Crippen LogP contribution >= 0.6 is 25.3 Å². The molecule has 0 aromatic heterocycles. The zero-order chi connectivity index (χ0) is 9.40. The van der Waals surface area contributed by atoms with Gasteiger partial charge in [-0.1, -0.05) is 23.3 Å². The van der Waals surface area contributed by atoms with Crippen molar-refractivity contribution in [3.63, 3.8) is 0 Å². The van der Waals surface area contributed by atoms with Gasteiger partial charge in [0, 0.05) is 11.5 Å². The van der Waals surface area contributed by atoms with Crippen molar-refractivity contribution in [3.05, 3.63) is 36.5 Å². The van der Waals surface area contributed by atoms with Gasteiger partial charge in [0.25, 0.3) is 0 Å². The van der Waals surface area contributed by atoms with E-state index in [1.165, 1.54) is 11.1 Å². The number of allylic oxidation sites excluding steroid dienone is 3. The minimum Gasteiger partial charge on any atom is -0.175 e. The van der Waals surface area contributed by atoms with E-state index in [9.17, 15) is 0 Å². The van der Waals surface area contributed by atoms with Crippen LogP contribution in [0.15, 0.2) is 36.5 Å².